The van der Waals surface area contributed by atoms with E-state index in [1.165, 1.54) is 0 Å². The molecule has 2 heterocycles. The number of carbonyl (C=O) groups excluding carboxylic acids is 1. The van der Waals surface area contributed by atoms with Crippen LogP contribution < -0.4 is 5.63 Å². The van der Waals surface area contributed by atoms with E-state index in [0.717, 1.165) is 15.8 Å². The quantitative estimate of drug-likeness (QED) is 0.459. The van der Waals surface area contributed by atoms with E-state index in [1.54, 1.807) is 28.8 Å². The van der Waals surface area contributed by atoms with Crippen molar-refractivity contribution < 1.29 is 9.21 Å². The highest BCUT2D eigenvalue weighted by atomic mass is 79.9. The number of hydrogen-bond donors (Lipinski definition) is 0. The smallest absolute Gasteiger partial charge is 0.349 e. The molecule has 3 aromatic rings. The molecule has 0 spiro atoms. The molecule has 1 amide bonds. The topological polar surface area (TPSA) is 50.5 Å². The molecule has 0 radical (unpaired) electrons. The van der Waals surface area contributed by atoms with E-state index >= 15 is 0 Å². The summed E-state index contributed by atoms with van der Waals surface area (Å²) in [6.07, 6.45) is 0. The van der Waals surface area contributed by atoms with Crippen LogP contribution in [0.3, 0.4) is 0 Å². The second-order valence-electron chi connectivity index (χ2n) is 5.89. The molecule has 2 aromatic carbocycles. The molecule has 1 aliphatic rings. The molecule has 4 nitrogen and oxygen atoms in total. The number of fused-ring (bicyclic) bond motifs is 1. The van der Waals surface area contributed by atoms with E-state index in [2.05, 4.69) is 31.9 Å². The number of nitrogens with zero attached hydrogens (tertiary/aromatic N) is 1. The van der Waals surface area contributed by atoms with Crippen molar-refractivity contribution in [3.63, 3.8) is 0 Å². The van der Waals surface area contributed by atoms with Gasteiger partial charge in [0.1, 0.15) is 10.9 Å². The van der Waals surface area contributed by atoms with E-state index in [4.69, 9.17) is 4.42 Å². The third kappa shape index (κ3) is 3.23. The first-order chi connectivity index (χ1) is 12.5. The Hall–Kier alpha value is -1.57. The molecule has 0 bridgehead atoms. The lowest BCUT2D eigenvalue weighted by molar-refractivity contribution is 0.0756. The van der Waals surface area contributed by atoms with Gasteiger partial charge in [-0.15, -0.1) is 11.8 Å². The van der Waals surface area contributed by atoms with Gasteiger partial charge in [0.2, 0.25) is 0 Å². The van der Waals surface area contributed by atoms with Gasteiger partial charge in [-0.3, -0.25) is 4.79 Å². The van der Waals surface area contributed by atoms with E-state index in [0.29, 0.717) is 22.0 Å². The molecular formula is C19H13Br2NO3S. The number of benzene rings is 2. The van der Waals surface area contributed by atoms with Gasteiger partial charge in [0.05, 0.1) is 4.47 Å². The second kappa shape index (κ2) is 7.21. The molecular weight excluding hydrogens is 482 g/mol. The normalized spacial score (nSPS) is 17.0. The molecule has 0 saturated carbocycles. The molecule has 1 atom stereocenters. The summed E-state index contributed by atoms with van der Waals surface area (Å²) in [5.74, 6) is 0.539. The van der Waals surface area contributed by atoms with E-state index in [-0.39, 0.29) is 16.8 Å². The standard InChI is InChI=1S/C19H13Br2NO3S/c20-13-8-12-9-14(19(24)25-16(12)15(21)10-13)17(23)22-6-7-26-18(22)11-4-2-1-3-5-11/h1-5,8-10,18H,6-7H2. The van der Waals surface area contributed by atoms with Crippen molar-refractivity contribution in [1.29, 1.82) is 0 Å². The average molecular weight is 495 g/mol. The summed E-state index contributed by atoms with van der Waals surface area (Å²) in [6.45, 7) is 0.600. The largest absolute Gasteiger partial charge is 0.421 e. The minimum Gasteiger partial charge on any atom is -0.421 e. The molecule has 26 heavy (non-hydrogen) atoms. The maximum Gasteiger partial charge on any atom is 0.349 e. The Morgan fingerprint density at radius 2 is 1.92 bits per heavy atom. The number of halogens is 2. The Bertz CT molecular complexity index is 1050. The van der Waals surface area contributed by atoms with Crippen molar-refractivity contribution in [2.45, 2.75) is 5.37 Å². The lowest BCUT2D eigenvalue weighted by Crippen LogP contribution is -2.33. The van der Waals surface area contributed by atoms with Crippen LogP contribution in [0, 0.1) is 0 Å². The molecule has 7 heteroatoms. The molecule has 132 valence electrons. The van der Waals surface area contributed by atoms with Gasteiger partial charge in [0, 0.05) is 22.2 Å². The monoisotopic (exact) mass is 493 g/mol. The molecule has 1 unspecified atom stereocenters. The summed E-state index contributed by atoms with van der Waals surface area (Å²) in [4.78, 5) is 27.3. The first kappa shape index (κ1) is 17.8. The Balaban J connectivity index is 1.76. The van der Waals surface area contributed by atoms with Crippen LogP contribution in [0.4, 0.5) is 0 Å². The number of thioether (sulfide) groups is 1. The third-order valence-corrected chi connectivity index (χ3v) is 6.53. The SMILES string of the molecule is O=C(c1cc2cc(Br)cc(Br)c2oc1=O)N1CCSC1c1ccccc1. The zero-order valence-corrected chi connectivity index (χ0v) is 17.4. The van der Waals surface area contributed by atoms with Crippen molar-refractivity contribution >= 4 is 60.5 Å². The number of rotatable bonds is 2. The van der Waals surface area contributed by atoms with Crippen LogP contribution in [0.5, 0.6) is 0 Å². The predicted molar refractivity (Wildman–Crippen MR) is 111 cm³/mol. The van der Waals surface area contributed by atoms with Gasteiger partial charge in [-0.1, -0.05) is 46.3 Å². The zero-order chi connectivity index (χ0) is 18.3. The number of hydrogen-bond acceptors (Lipinski definition) is 4. The highest BCUT2D eigenvalue weighted by Gasteiger charge is 2.32. The minimum atomic E-state index is -0.616. The summed E-state index contributed by atoms with van der Waals surface area (Å²) in [6, 6.07) is 15.1. The van der Waals surface area contributed by atoms with E-state index < -0.39 is 5.63 Å². The van der Waals surface area contributed by atoms with Gasteiger partial charge in [0.15, 0.2) is 5.58 Å². The molecule has 0 aliphatic carbocycles. The summed E-state index contributed by atoms with van der Waals surface area (Å²) >= 11 is 8.51. The summed E-state index contributed by atoms with van der Waals surface area (Å²) in [7, 11) is 0. The molecule has 1 aliphatic heterocycles. The van der Waals surface area contributed by atoms with Crippen molar-refractivity contribution in [3.8, 4) is 0 Å². The van der Waals surface area contributed by atoms with E-state index in [9.17, 15) is 9.59 Å². The molecule has 1 saturated heterocycles. The predicted octanol–water partition coefficient (Wildman–Crippen LogP) is 5.21. The second-order valence-corrected chi connectivity index (χ2v) is 8.84. The Labute approximate surface area is 170 Å². The Kier molecular flexibility index (Phi) is 4.94. The van der Waals surface area contributed by atoms with Crippen LogP contribution in [0.15, 0.2) is 66.7 Å². The molecule has 4 rings (SSSR count). The highest BCUT2D eigenvalue weighted by molar-refractivity contribution is 9.11. The first-order valence-corrected chi connectivity index (χ1v) is 10.6. The summed E-state index contributed by atoms with van der Waals surface area (Å²) in [5, 5.41) is 0.602. The van der Waals surface area contributed by atoms with Crippen molar-refractivity contribution in [2.24, 2.45) is 0 Å². The summed E-state index contributed by atoms with van der Waals surface area (Å²) in [5.41, 5.74) is 0.935. The van der Waals surface area contributed by atoms with Gasteiger partial charge in [-0.05, 0) is 39.7 Å². The molecule has 0 N–H and O–H groups in total. The number of amides is 1. The van der Waals surface area contributed by atoms with Crippen LogP contribution in [0.2, 0.25) is 0 Å². The van der Waals surface area contributed by atoms with Gasteiger partial charge in [0.25, 0.3) is 5.91 Å². The first-order valence-electron chi connectivity index (χ1n) is 7.95. The number of carbonyl (C=O) groups is 1. The molecule has 1 aromatic heterocycles. The average Bonchev–Trinajstić information content (AvgIpc) is 3.12. The van der Waals surface area contributed by atoms with Crippen LogP contribution in [0.1, 0.15) is 21.3 Å². The van der Waals surface area contributed by atoms with Gasteiger partial charge < -0.3 is 9.32 Å². The van der Waals surface area contributed by atoms with Gasteiger partial charge >= 0.3 is 5.63 Å². The Morgan fingerprint density at radius 3 is 2.69 bits per heavy atom. The van der Waals surface area contributed by atoms with Crippen molar-refractivity contribution in [2.75, 3.05) is 12.3 Å². The van der Waals surface area contributed by atoms with Crippen molar-refractivity contribution in [3.05, 3.63) is 79.0 Å². The van der Waals surface area contributed by atoms with Crippen molar-refractivity contribution in [1.82, 2.24) is 4.90 Å². The zero-order valence-electron chi connectivity index (χ0n) is 13.4. The fourth-order valence-electron chi connectivity index (χ4n) is 3.03. The summed E-state index contributed by atoms with van der Waals surface area (Å²) < 4.78 is 6.92. The highest BCUT2D eigenvalue weighted by Crippen LogP contribution is 2.38. The lowest BCUT2D eigenvalue weighted by Gasteiger charge is -2.23. The van der Waals surface area contributed by atoms with Crippen LogP contribution in [-0.4, -0.2) is 23.1 Å². The fourth-order valence-corrected chi connectivity index (χ4v) is 5.63. The van der Waals surface area contributed by atoms with Crippen LogP contribution >= 0.6 is 43.6 Å². The maximum absolute atomic E-state index is 13.1. The third-order valence-electron chi connectivity index (χ3n) is 4.22. The Morgan fingerprint density at radius 1 is 1.15 bits per heavy atom. The maximum atomic E-state index is 13.1. The van der Waals surface area contributed by atoms with Crippen LogP contribution in [0.25, 0.3) is 11.0 Å². The van der Waals surface area contributed by atoms with Gasteiger partial charge in [-0.25, -0.2) is 4.79 Å². The van der Waals surface area contributed by atoms with Crippen LogP contribution in [-0.2, 0) is 0 Å². The molecule has 1 fully saturated rings. The minimum absolute atomic E-state index is 0.0610. The van der Waals surface area contributed by atoms with Gasteiger partial charge in [-0.2, -0.15) is 0 Å². The van der Waals surface area contributed by atoms with E-state index in [1.807, 2.05) is 36.4 Å². The fraction of sp³-hybridized carbons (Fsp3) is 0.158. The lowest BCUT2D eigenvalue weighted by atomic mass is 10.1.